The molecule has 5 heteroatoms. The Morgan fingerprint density at radius 3 is 2.62 bits per heavy atom. The zero-order valence-electron chi connectivity index (χ0n) is 7.12. The van der Waals surface area contributed by atoms with E-state index in [-0.39, 0.29) is 0 Å². The van der Waals surface area contributed by atoms with Crippen LogP contribution in [0.1, 0.15) is 24.3 Å². The van der Waals surface area contributed by atoms with E-state index in [1.54, 1.807) is 0 Å². The van der Waals surface area contributed by atoms with Crippen molar-refractivity contribution in [3.8, 4) is 0 Å². The highest BCUT2D eigenvalue weighted by molar-refractivity contribution is 6.30. The van der Waals surface area contributed by atoms with Crippen LogP contribution in [-0.2, 0) is 4.74 Å². The van der Waals surface area contributed by atoms with Gasteiger partial charge in [-0.25, -0.2) is 0 Å². The van der Waals surface area contributed by atoms with Crippen molar-refractivity contribution < 1.29 is 9.26 Å². The van der Waals surface area contributed by atoms with Gasteiger partial charge in [-0.1, -0.05) is 16.8 Å². The summed E-state index contributed by atoms with van der Waals surface area (Å²) >= 11 is 5.85. The van der Waals surface area contributed by atoms with Gasteiger partial charge in [0.2, 0.25) is 5.88 Å². The number of hydrogen-bond acceptors (Lipinski definition) is 4. The number of halogens is 1. The van der Waals surface area contributed by atoms with E-state index in [0.29, 0.717) is 17.0 Å². The normalized spacial score (nSPS) is 19.2. The maximum absolute atomic E-state index is 5.85. The van der Waals surface area contributed by atoms with Crippen molar-refractivity contribution >= 4 is 17.5 Å². The zero-order valence-corrected chi connectivity index (χ0v) is 7.88. The summed E-state index contributed by atoms with van der Waals surface area (Å²) in [5.74, 6) is 0.685. The average Bonchev–Trinajstić information content (AvgIpc) is 2.48. The van der Waals surface area contributed by atoms with Gasteiger partial charge in [0.05, 0.1) is 5.56 Å². The molecule has 1 aromatic rings. The molecule has 72 valence electrons. The smallest absolute Gasteiger partial charge is 0.227 e. The van der Waals surface area contributed by atoms with Gasteiger partial charge in [0.15, 0.2) is 5.15 Å². The molecule has 1 fully saturated rings. The van der Waals surface area contributed by atoms with E-state index in [9.17, 15) is 0 Å². The first kappa shape index (κ1) is 8.84. The molecule has 0 saturated carbocycles. The number of ether oxygens (including phenoxy) is 1. The van der Waals surface area contributed by atoms with Crippen LogP contribution in [0, 0.1) is 0 Å². The quantitative estimate of drug-likeness (QED) is 0.755. The molecule has 1 saturated heterocycles. The fraction of sp³-hybridized carbons (Fsp3) is 0.625. The van der Waals surface area contributed by atoms with E-state index in [4.69, 9.17) is 26.6 Å². The summed E-state index contributed by atoms with van der Waals surface area (Å²) in [6, 6.07) is 0. The van der Waals surface area contributed by atoms with Crippen LogP contribution in [0.5, 0.6) is 0 Å². The van der Waals surface area contributed by atoms with Crippen molar-refractivity contribution in [2.24, 2.45) is 0 Å². The molecule has 1 aliphatic heterocycles. The lowest BCUT2D eigenvalue weighted by atomic mass is 9.94. The van der Waals surface area contributed by atoms with Crippen LogP contribution in [-0.4, -0.2) is 18.4 Å². The molecule has 0 amide bonds. The van der Waals surface area contributed by atoms with Crippen LogP contribution in [0.2, 0.25) is 5.15 Å². The Kier molecular flexibility index (Phi) is 2.42. The molecule has 13 heavy (non-hydrogen) atoms. The molecule has 0 radical (unpaired) electrons. The van der Waals surface area contributed by atoms with Gasteiger partial charge in [-0.3, -0.25) is 0 Å². The Hall–Kier alpha value is -0.740. The fourth-order valence-electron chi connectivity index (χ4n) is 1.65. The van der Waals surface area contributed by atoms with E-state index < -0.39 is 0 Å². The first-order valence-corrected chi connectivity index (χ1v) is 4.65. The van der Waals surface area contributed by atoms with Crippen LogP contribution in [0.25, 0.3) is 0 Å². The van der Waals surface area contributed by atoms with E-state index in [1.807, 2.05) is 0 Å². The Morgan fingerprint density at radius 1 is 1.38 bits per heavy atom. The minimum atomic E-state index is 0.340. The molecule has 0 spiro atoms. The number of aromatic nitrogens is 1. The summed E-state index contributed by atoms with van der Waals surface area (Å²) in [5, 5.41) is 4.01. The van der Waals surface area contributed by atoms with Gasteiger partial charge < -0.3 is 15.0 Å². The van der Waals surface area contributed by atoms with Gasteiger partial charge in [0.25, 0.3) is 0 Å². The van der Waals surface area contributed by atoms with Gasteiger partial charge in [-0.15, -0.1) is 0 Å². The van der Waals surface area contributed by atoms with Gasteiger partial charge in [0, 0.05) is 13.2 Å². The molecule has 2 heterocycles. The Bertz CT molecular complexity index is 275. The second kappa shape index (κ2) is 3.55. The summed E-state index contributed by atoms with van der Waals surface area (Å²) in [4.78, 5) is 0. The molecule has 0 atom stereocenters. The second-order valence-corrected chi connectivity index (χ2v) is 3.50. The Morgan fingerprint density at radius 2 is 2.08 bits per heavy atom. The Balaban J connectivity index is 2.22. The van der Waals surface area contributed by atoms with E-state index in [0.717, 1.165) is 31.6 Å². The summed E-state index contributed by atoms with van der Waals surface area (Å²) in [5.41, 5.74) is 6.47. The first-order chi connectivity index (χ1) is 6.29. The van der Waals surface area contributed by atoms with Gasteiger partial charge in [0.1, 0.15) is 0 Å². The van der Waals surface area contributed by atoms with Gasteiger partial charge >= 0.3 is 0 Å². The van der Waals surface area contributed by atoms with Gasteiger partial charge in [-0.05, 0) is 18.8 Å². The standard InChI is InChI=1S/C8H11ClN2O2/c9-7-6(8(10)13-11-7)5-1-3-12-4-2-5/h5H,1-4,10H2. The van der Waals surface area contributed by atoms with Crippen LogP contribution in [0.3, 0.4) is 0 Å². The summed E-state index contributed by atoms with van der Waals surface area (Å²) in [6.07, 6.45) is 1.87. The maximum atomic E-state index is 5.85. The average molecular weight is 203 g/mol. The van der Waals surface area contributed by atoms with Crippen molar-refractivity contribution in [3.05, 3.63) is 10.7 Å². The van der Waals surface area contributed by atoms with E-state index in [1.165, 1.54) is 0 Å². The third-order valence-corrected chi connectivity index (χ3v) is 2.61. The molecule has 0 bridgehead atoms. The summed E-state index contributed by atoms with van der Waals surface area (Å²) in [7, 11) is 0. The lowest BCUT2D eigenvalue weighted by Gasteiger charge is -2.20. The minimum Gasteiger partial charge on any atom is -0.381 e. The highest BCUT2D eigenvalue weighted by Gasteiger charge is 2.24. The molecular weight excluding hydrogens is 192 g/mol. The lowest BCUT2D eigenvalue weighted by Crippen LogP contribution is -2.14. The van der Waals surface area contributed by atoms with E-state index in [2.05, 4.69) is 5.16 Å². The molecule has 0 aromatic carbocycles. The molecular formula is C8H11ClN2O2. The third-order valence-electron chi connectivity index (χ3n) is 2.34. The van der Waals surface area contributed by atoms with Crippen molar-refractivity contribution in [2.75, 3.05) is 18.9 Å². The topological polar surface area (TPSA) is 61.3 Å². The van der Waals surface area contributed by atoms with Crippen LogP contribution in [0.4, 0.5) is 5.88 Å². The highest BCUT2D eigenvalue weighted by atomic mass is 35.5. The van der Waals surface area contributed by atoms with Crippen LogP contribution >= 0.6 is 11.6 Å². The number of hydrogen-bond donors (Lipinski definition) is 1. The van der Waals surface area contributed by atoms with Crippen molar-refractivity contribution in [1.82, 2.24) is 5.16 Å². The predicted molar refractivity (Wildman–Crippen MR) is 48.7 cm³/mol. The molecule has 0 unspecified atom stereocenters. The van der Waals surface area contributed by atoms with Crippen LogP contribution in [0.15, 0.2) is 4.52 Å². The minimum absolute atomic E-state index is 0.340. The summed E-state index contributed by atoms with van der Waals surface area (Å²) < 4.78 is 10.0. The third kappa shape index (κ3) is 1.64. The monoisotopic (exact) mass is 202 g/mol. The maximum Gasteiger partial charge on any atom is 0.227 e. The lowest BCUT2D eigenvalue weighted by molar-refractivity contribution is 0.0854. The van der Waals surface area contributed by atoms with Crippen molar-refractivity contribution in [3.63, 3.8) is 0 Å². The highest BCUT2D eigenvalue weighted by Crippen LogP contribution is 2.35. The number of anilines is 1. The molecule has 4 nitrogen and oxygen atoms in total. The number of nitrogens with two attached hydrogens (primary N) is 1. The molecule has 0 aliphatic carbocycles. The Labute approximate surface area is 81.0 Å². The zero-order chi connectivity index (χ0) is 9.26. The first-order valence-electron chi connectivity index (χ1n) is 4.27. The van der Waals surface area contributed by atoms with E-state index >= 15 is 0 Å². The van der Waals surface area contributed by atoms with Crippen LogP contribution < -0.4 is 5.73 Å². The van der Waals surface area contributed by atoms with Gasteiger partial charge in [-0.2, -0.15) is 0 Å². The molecule has 1 aromatic heterocycles. The largest absolute Gasteiger partial charge is 0.381 e. The van der Waals surface area contributed by atoms with Crippen molar-refractivity contribution in [2.45, 2.75) is 18.8 Å². The molecule has 2 N–H and O–H groups in total. The second-order valence-electron chi connectivity index (χ2n) is 3.14. The number of nitrogens with zero attached hydrogens (tertiary/aromatic N) is 1. The fourth-order valence-corrected chi connectivity index (χ4v) is 1.93. The van der Waals surface area contributed by atoms with Crippen molar-refractivity contribution in [1.29, 1.82) is 0 Å². The number of nitrogen functional groups attached to an aromatic ring is 1. The molecule has 1 aliphatic rings. The molecule has 2 rings (SSSR count). The predicted octanol–water partition coefficient (Wildman–Crippen LogP) is 1.80. The summed E-state index contributed by atoms with van der Waals surface area (Å²) in [6.45, 7) is 1.51. The SMILES string of the molecule is Nc1onc(Cl)c1C1CCOCC1. The number of rotatable bonds is 1.